The number of ether oxygens (including phenoxy) is 3. The standard InChI is InChI=1S/C23H24N2O7/c1-14(26)15-4-6-17(7-5-15)24-21(27)13-32-23(29)16-10-22(28)25(12-16)19-9-8-18(30-2)11-20(19)31-3/h4-9,11,16H,10,12-13H2,1-3H3,(H,24,27)/t16-/m1/s1. The second-order valence-electron chi connectivity index (χ2n) is 7.23. The number of methoxy groups -OCH3 is 2. The maximum atomic E-state index is 12.5. The van der Waals surface area contributed by atoms with E-state index in [0.29, 0.717) is 28.4 Å². The molecule has 0 aromatic heterocycles. The van der Waals surface area contributed by atoms with Gasteiger partial charge in [0.15, 0.2) is 12.4 Å². The Bertz CT molecular complexity index is 1030. The normalized spacial score (nSPS) is 15.3. The molecule has 0 unspecified atom stereocenters. The average Bonchev–Trinajstić information content (AvgIpc) is 3.18. The SMILES string of the molecule is COc1ccc(N2C[C@H](C(=O)OCC(=O)Nc3ccc(C(C)=O)cc3)CC2=O)c(OC)c1. The fourth-order valence-electron chi connectivity index (χ4n) is 3.35. The molecular weight excluding hydrogens is 416 g/mol. The van der Waals surface area contributed by atoms with Crippen molar-refractivity contribution < 1.29 is 33.4 Å². The van der Waals surface area contributed by atoms with E-state index >= 15 is 0 Å². The lowest BCUT2D eigenvalue weighted by molar-refractivity contribution is -0.151. The third-order valence-electron chi connectivity index (χ3n) is 5.06. The molecule has 1 saturated heterocycles. The Hall–Kier alpha value is -3.88. The van der Waals surface area contributed by atoms with Gasteiger partial charge in [-0.1, -0.05) is 0 Å². The predicted octanol–water partition coefficient (Wildman–Crippen LogP) is 2.44. The summed E-state index contributed by atoms with van der Waals surface area (Å²) in [4.78, 5) is 49.8. The molecule has 0 saturated carbocycles. The van der Waals surface area contributed by atoms with Crippen LogP contribution in [-0.2, 0) is 19.1 Å². The first-order chi connectivity index (χ1) is 15.3. The smallest absolute Gasteiger partial charge is 0.311 e. The van der Waals surface area contributed by atoms with Gasteiger partial charge in [0, 0.05) is 30.3 Å². The number of nitrogens with one attached hydrogen (secondary N) is 1. The number of rotatable bonds is 8. The Balaban J connectivity index is 1.55. The first-order valence-corrected chi connectivity index (χ1v) is 9.92. The molecule has 168 valence electrons. The average molecular weight is 440 g/mol. The molecule has 1 atom stereocenters. The highest BCUT2D eigenvalue weighted by molar-refractivity contribution is 6.01. The number of benzene rings is 2. The van der Waals surface area contributed by atoms with Crippen LogP contribution in [0.1, 0.15) is 23.7 Å². The first kappa shape index (κ1) is 22.8. The van der Waals surface area contributed by atoms with Crippen LogP contribution < -0.4 is 19.7 Å². The van der Waals surface area contributed by atoms with Crippen LogP contribution in [0, 0.1) is 5.92 Å². The fraction of sp³-hybridized carbons (Fsp3) is 0.304. The number of hydrogen-bond donors (Lipinski definition) is 1. The zero-order valence-corrected chi connectivity index (χ0v) is 18.0. The highest BCUT2D eigenvalue weighted by Crippen LogP contribution is 2.36. The van der Waals surface area contributed by atoms with Gasteiger partial charge in [0.25, 0.3) is 5.91 Å². The minimum Gasteiger partial charge on any atom is -0.497 e. The van der Waals surface area contributed by atoms with Crippen molar-refractivity contribution >= 4 is 34.9 Å². The second-order valence-corrected chi connectivity index (χ2v) is 7.23. The Labute approximate surface area is 185 Å². The number of anilines is 2. The summed E-state index contributed by atoms with van der Waals surface area (Å²) in [5.41, 5.74) is 1.53. The molecule has 0 bridgehead atoms. The highest BCUT2D eigenvalue weighted by atomic mass is 16.5. The maximum Gasteiger partial charge on any atom is 0.311 e. The van der Waals surface area contributed by atoms with Crippen molar-refractivity contribution in [1.29, 1.82) is 0 Å². The summed E-state index contributed by atoms with van der Waals surface area (Å²) in [6, 6.07) is 11.4. The Kier molecular flexibility index (Phi) is 7.09. The molecule has 3 rings (SSSR count). The van der Waals surface area contributed by atoms with Crippen molar-refractivity contribution in [1.82, 2.24) is 0 Å². The van der Waals surface area contributed by atoms with Crippen LogP contribution in [0.2, 0.25) is 0 Å². The van der Waals surface area contributed by atoms with Gasteiger partial charge in [-0.25, -0.2) is 0 Å². The van der Waals surface area contributed by atoms with Gasteiger partial charge in [0.05, 0.1) is 25.8 Å². The van der Waals surface area contributed by atoms with Crippen LogP contribution >= 0.6 is 0 Å². The molecule has 32 heavy (non-hydrogen) atoms. The Morgan fingerprint density at radius 2 is 1.78 bits per heavy atom. The summed E-state index contributed by atoms with van der Waals surface area (Å²) < 4.78 is 15.6. The number of hydrogen-bond acceptors (Lipinski definition) is 7. The van der Waals surface area contributed by atoms with Crippen molar-refractivity contribution in [3.05, 3.63) is 48.0 Å². The van der Waals surface area contributed by atoms with Crippen LogP contribution in [0.4, 0.5) is 11.4 Å². The van der Waals surface area contributed by atoms with E-state index in [1.807, 2.05) is 0 Å². The van der Waals surface area contributed by atoms with E-state index in [-0.39, 0.29) is 24.7 Å². The number of amides is 2. The van der Waals surface area contributed by atoms with Gasteiger partial charge in [-0.2, -0.15) is 0 Å². The van der Waals surface area contributed by atoms with Crippen molar-refractivity contribution in [2.45, 2.75) is 13.3 Å². The Morgan fingerprint density at radius 1 is 1.06 bits per heavy atom. The summed E-state index contributed by atoms with van der Waals surface area (Å²) in [5.74, 6) is -1.15. The van der Waals surface area contributed by atoms with Gasteiger partial charge in [0.1, 0.15) is 11.5 Å². The minimum atomic E-state index is -0.697. The van der Waals surface area contributed by atoms with Gasteiger partial charge >= 0.3 is 5.97 Å². The molecule has 2 amide bonds. The maximum absolute atomic E-state index is 12.5. The van der Waals surface area contributed by atoms with E-state index < -0.39 is 24.4 Å². The van der Waals surface area contributed by atoms with E-state index in [2.05, 4.69) is 5.32 Å². The first-order valence-electron chi connectivity index (χ1n) is 9.92. The minimum absolute atomic E-state index is 0.0257. The van der Waals surface area contributed by atoms with E-state index in [0.717, 1.165) is 0 Å². The summed E-state index contributed by atoms with van der Waals surface area (Å²) in [6.45, 7) is 1.09. The third-order valence-corrected chi connectivity index (χ3v) is 5.06. The molecule has 9 nitrogen and oxygen atoms in total. The molecule has 9 heteroatoms. The van der Waals surface area contributed by atoms with Gasteiger partial charge < -0.3 is 24.4 Å². The van der Waals surface area contributed by atoms with Gasteiger partial charge in [0.2, 0.25) is 5.91 Å². The number of carbonyl (C=O) groups is 4. The highest BCUT2D eigenvalue weighted by Gasteiger charge is 2.37. The fourth-order valence-corrected chi connectivity index (χ4v) is 3.35. The molecule has 1 N–H and O–H groups in total. The summed E-state index contributed by atoms with van der Waals surface area (Å²) in [7, 11) is 3.01. The Morgan fingerprint density at radius 3 is 2.41 bits per heavy atom. The third kappa shape index (κ3) is 5.23. The zero-order valence-electron chi connectivity index (χ0n) is 18.0. The van der Waals surface area contributed by atoms with Crippen LogP contribution in [-0.4, -0.2) is 50.9 Å². The van der Waals surface area contributed by atoms with Gasteiger partial charge in [-0.15, -0.1) is 0 Å². The summed E-state index contributed by atoms with van der Waals surface area (Å²) >= 11 is 0. The molecule has 0 radical (unpaired) electrons. The lowest BCUT2D eigenvalue weighted by atomic mass is 10.1. The monoisotopic (exact) mass is 440 g/mol. The predicted molar refractivity (Wildman–Crippen MR) is 116 cm³/mol. The summed E-state index contributed by atoms with van der Waals surface area (Å²) in [5, 5.41) is 2.59. The number of esters is 1. The van der Waals surface area contributed by atoms with Crippen LogP contribution in [0.25, 0.3) is 0 Å². The summed E-state index contributed by atoms with van der Waals surface area (Å²) in [6.07, 6.45) is -0.0257. The molecule has 1 aliphatic heterocycles. The van der Waals surface area contributed by atoms with E-state index in [4.69, 9.17) is 14.2 Å². The molecule has 1 aliphatic rings. The van der Waals surface area contributed by atoms with E-state index in [1.54, 1.807) is 42.5 Å². The van der Waals surface area contributed by atoms with Gasteiger partial charge in [-0.3, -0.25) is 19.2 Å². The zero-order chi connectivity index (χ0) is 23.3. The molecule has 2 aromatic carbocycles. The number of carbonyl (C=O) groups excluding carboxylic acids is 4. The number of nitrogens with zero attached hydrogens (tertiary/aromatic N) is 1. The quantitative estimate of drug-likeness (QED) is 0.496. The number of Topliss-reactive ketones (excluding diaryl/α,β-unsaturated/α-hetero) is 1. The number of ketones is 1. The van der Waals surface area contributed by atoms with Crippen LogP contribution in [0.3, 0.4) is 0 Å². The molecule has 0 spiro atoms. The molecule has 0 aliphatic carbocycles. The van der Waals surface area contributed by atoms with Crippen molar-refractivity contribution in [3.8, 4) is 11.5 Å². The van der Waals surface area contributed by atoms with Crippen molar-refractivity contribution in [3.63, 3.8) is 0 Å². The van der Waals surface area contributed by atoms with Crippen LogP contribution in [0.15, 0.2) is 42.5 Å². The molecule has 2 aromatic rings. The molecular formula is C23H24N2O7. The molecule has 1 heterocycles. The van der Waals surface area contributed by atoms with Crippen LogP contribution in [0.5, 0.6) is 11.5 Å². The van der Waals surface area contributed by atoms with E-state index in [1.165, 1.54) is 26.0 Å². The van der Waals surface area contributed by atoms with Crippen molar-refractivity contribution in [2.75, 3.05) is 37.6 Å². The van der Waals surface area contributed by atoms with Crippen molar-refractivity contribution in [2.24, 2.45) is 5.92 Å². The topological polar surface area (TPSA) is 111 Å². The molecule has 1 fully saturated rings. The largest absolute Gasteiger partial charge is 0.497 e. The second kappa shape index (κ2) is 9.95. The lowest BCUT2D eigenvalue weighted by Gasteiger charge is -2.20. The van der Waals surface area contributed by atoms with Gasteiger partial charge in [-0.05, 0) is 43.3 Å². The van der Waals surface area contributed by atoms with E-state index in [9.17, 15) is 19.2 Å². The lowest BCUT2D eigenvalue weighted by Crippen LogP contribution is -2.28.